The fourth-order valence-electron chi connectivity index (χ4n) is 0.944. The molecule has 0 amide bonds. The molecule has 1 heterocycles. The second kappa shape index (κ2) is 4.71. The highest BCUT2D eigenvalue weighted by Crippen LogP contribution is 1.93. The number of rotatable bonds is 5. The molecule has 2 N–H and O–H groups in total. The van der Waals surface area contributed by atoms with Crippen LogP contribution in [0.15, 0.2) is 6.20 Å². The standard InChI is InChI=1S/C8H14N4O2/c1-6(2)9-3-7-4-12(11-10-7)5-8(13)14/h4,6,9H,3,5H2,1-2H3,(H,13,14). The van der Waals surface area contributed by atoms with Gasteiger partial charge >= 0.3 is 5.97 Å². The van der Waals surface area contributed by atoms with Crippen LogP contribution in [0.2, 0.25) is 0 Å². The van der Waals surface area contributed by atoms with E-state index < -0.39 is 5.97 Å². The SMILES string of the molecule is CC(C)NCc1cn(CC(=O)O)nn1. The van der Waals surface area contributed by atoms with Gasteiger partial charge < -0.3 is 10.4 Å². The first-order chi connectivity index (χ1) is 6.58. The molecule has 0 aliphatic carbocycles. The molecule has 78 valence electrons. The molecule has 1 aromatic heterocycles. The van der Waals surface area contributed by atoms with E-state index in [2.05, 4.69) is 15.6 Å². The van der Waals surface area contributed by atoms with Crippen LogP contribution >= 0.6 is 0 Å². The van der Waals surface area contributed by atoms with Crippen LogP contribution in [0.1, 0.15) is 19.5 Å². The highest BCUT2D eigenvalue weighted by atomic mass is 16.4. The fourth-order valence-corrected chi connectivity index (χ4v) is 0.944. The Balaban J connectivity index is 2.46. The lowest BCUT2D eigenvalue weighted by molar-refractivity contribution is -0.137. The lowest BCUT2D eigenvalue weighted by Crippen LogP contribution is -2.22. The summed E-state index contributed by atoms with van der Waals surface area (Å²) in [5.74, 6) is -0.918. The van der Waals surface area contributed by atoms with Gasteiger partial charge in [0.2, 0.25) is 0 Å². The molecule has 1 rings (SSSR count). The Hall–Kier alpha value is -1.43. The van der Waals surface area contributed by atoms with Crippen molar-refractivity contribution < 1.29 is 9.90 Å². The van der Waals surface area contributed by atoms with Gasteiger partial charge in [0.05, 0.1) is 11.9 Å². The second-order valence-electron chi connectivity index (χ2n) is 3.34. The van der Waals surface area contributed by atoms with Crippen molar-refractivity contribution in [2.75, 3.05) is 0 Å². The Morgan fingerprint density at radius 2 is 2.43 bits per heavy atom. The van der Waals surface area contributed by atoms with Crippen LogP contribution < -0.4 is 5.32 Å². The minimum Gasteiger partial charge on any atom is -0.480 e. The molecule has 0 aromatic carbocycles. The van der Waals surface area contributed by atoms with Crippen molar-refractivity contribution in [3.8, 4) is 0 Å². The summed E-state index contributed by atoms with van der Waals surface area (Å²) < 4.78 is 1.31. The number of carbonyl (C=O) groups is 1. The molecule has 0 bridgehead atoms. The summed E-state index contributed by atoms with van der Waals surface area (Å²) in [5, 5.41) is 19.2. The lowest BCUT2D eigenvalue weighted by Gasteiger charge is -2.03. The zero-order chi connectivity index (χ0) is 10.6. The first-order valence-electron chi connectivity index (χ1n) is 4.42. The van der Waals surface area contributed by atoms with E-state index in [1.54, 1.807) is 6.20 Å². The molecule has 14 heavy (non-hydrogen) atoms. The maximum Gasteiger partial charge on any atom is 0.325 e. The van der Waals surface area contributed by atoms with Crippen molar-refractivity contribution in [2.24, 2.45) is 0 Å². The maximum absolute atomic E-state index is 10.3. The minimum atomic E-state index is -0.918. The third-order valence-electron chi connectivity index (χ3n) is 1.57. The van der Waals surface area contributed by atoms with E-state index in [1.165, 1.54) is 4.68 Å². The highest BCUT2D eigenvalue weighted by Gasteiger charge is 2.04. The van der Waals surface area contributed by atoms with Gasteiger partial charge in [0.25, 0.3) is 0 Å². The van der Waals surface area contributed by atoms with Gasteiger partial charge in [0.1, 0.15) is 6.54 Å². The summed E-state index contributed by atoms with van der Waals surface area (Å²) in [4.78, 5) is 10.3. The third-order valence-corrected chi connectivity index (χ3v) is 1.57. The van der Waals surface area contributed by atoms with E-state index in [-0.39, 0.29) is 6.54 Å². The van der Waals surface area contributed by atoms with Crippen molar-refractivity contribution in [3.63, 3.8) is 0 Å². The van der Waals surface area contributed by atoms with Gasteiger partial charge in [0, 0.05) is 12.6 Å². The second-order valence-corrected chi connectivity index (χ2v) is 3.34. The topological polar surface area (TPSA) is 80.0 Å². The zero-order valence-corrected chi connectivity index (χ0v) is 8.27. The van der Waals surface area contributed by atoms with Crippen molar-refractivity contribution in [1.82, 2.24) is 20.3 Å². The van der Waals surface area contributed by atoms with E-state index >= 15 is 0 Å². The van der Waals surface area contributed by atoms with Gasteiger partial charge in [-0.1, -0.05) is 19.1 Å². The molecule has 0 unspecified atom stereocenters. The molecular weight excluding hydrogens is 184 g/mol. The lowest BCUT2D eigenvalue weighted by atomic mass is 10.3. The Morgan fingerprint density at radius 3 is 3.00 bits per heavy atom. The minimum absolute atomic E-state index is 0.144. The summed E-state index contributed by atoms with van der Waals surface area (Å²) >= 11 is 0. The van der Waals surface area contributed by atoms with Crippen molar-refractivity contribution >= 4 is 5.97 Å². The van der Waals surface area contributed by atoms with Crippen molar-refractivity contribution in [1.29, 1.82) is 0 Å². The third kappa shape index (κ3) is 3.53. The summed E-state index contributed by atoms with van der Waals surface area (Å²) in [6.07, 6.45) is 1.63. The largest absolute Gasteiger partial charge is 0.480 e. The number of nitrogens with one attached hydrogen (secondary N) is 1. The maximum atomic E-state index is 10.3. The molecule has 0 aliphatic heterocycles. The molecule has 1 aromatic rings. The van der Waals surface area contributed by atoms with Crippen molar-refractivity contribution in [3.05, 3.63) is 11.9 Å². The van der Waals surface area contributed by atoms with Gasteiger partial charge in [-0.2, -0.15) is 0 Å². The van der Waals surface area contributed by atoms with Crippen LogP contribution in [0.4, 0.5) is 0 Å². The Kier molecular flexibility index (Phi) is 3.58. The van der Waals surface area contributed by atoms with Gasteiger partial charge in [-0.05, 0) is 0 Å². The Bertz CT molecular complexity index is 308. The number of carboxylic acid groups (broad SMARTS) is 1. The molecular formula is C8H14N4O2. The predicted molar refractivity (Wildman–Crippen MR) is 49.6 cm³/mol. The van der Waals surface area contributed by atoms with E-state index in [1.807, 2.05) is 13.8 Å². The summed E-state index contributed by atoms with van der Waals surface area (Å²) in [6, 6.07) is 0.375. The monoisotopic (exact) mass is 198 g/mol. The molecule has 0 atom stereocenters. The van der Waals surface area contributed by atoms with Crippen LogP contribution in [0.25, 0.3) is 0 Å². The Labute approximate surface area is 81.9 Å². The number of hydrogen-bond donors (Lipinski definition) is 2. The molecule has 0 saturated carbocycles. The molecule has 6 nitrogen and oxygen atoms in total. The van der Waals surface area contributed by atoms with Crippen LogP contribution in [-0.2, 0) is 17.9 Å². The van der Waals surface area contributed by atoms with E-state index in [0.717, 1.165) is 5.69 Å². The molecule has 0 spiro atoms. The van der Waals surface area contributed by atoms with Crippen molar-refractivity contribution in [2.45, 2.75) is 33.0 Å². The smallest absolute Gasteiger partial charge is 0.325 e. The van der Waals surface area contributed by atoms with E-state index in [0.29, 0.717) is 12.6 Å². The number of nitrogens with zero attached hydrogens (tertiary/aromatic N) is 3. The first-order valence-corrected chi connectivity index (χ1v) is 4.42. The van der Waals surface area contributed by atoms with E-state index in [4.69, 9.17) is 5.11 Å². The zero-order valence-electron chi connectivity index (χ0n) is 8.27. The average molecular weight is 198 g/mol. The normalized spacial score (nSPS) is 10.8. The van der Waals surface area contributed by atoms with Gasteiger partial charge in [-0.25, -0.2) is 4.68 Å². The predicted octanol–water partition coefficient (Wildman–Crippen LogP) is -0.139. The first kappa shape index (κ1) is 10.6. The van der Waals surface area contributed by atoms with Gasteiger partial charge in [-0.3, -0.25) is 4.79 Å². The summed E-state index contributed by atoms with van der Waals surface area (Å²) in [5.41, 5.74) is 0.750. The number of hydrogen-bond acceptors (Lipinski definition) is 4. The highest BCUT2D eigenvalue weighted by molar-refractivity contribution is 5.66. The average Bonchev–Trinajstić information content (AvgIpc) is 2.47. The molecule has 0 aliphatic rings. The molecule has 6 heteroatoms. The Morgan fingerprint density at radius 1 is 1.71 bits per heavy atom. The van der Waals surface area contributed by atoms with Crippen LogP contribution in [0, 0.1) is 0 Å². The van der Waals surface area contributed by atoms with Crippen LogP contribution in [0.3, 0.4) is 0 Å². The number of aliphatic carboxylic acids is 1. The molecule has 0 radical (unpaired) electrons. The fraction of sp³-hybridized carbons (Fsp3) is 0.625. The van der Waals surface area contributed by atoms with E-state index in [9.17, 15) is 4.79 Å². The quantitative estimate of drug-likeness (QED) is 0.688. The number of carboxylic acids is 1. The molecule has 0 saturated heterocycles. The summed E-state index contributed by atoms with van der Waals surface area (Å²) in [7, 11) is 0. The molecule has 0 fully saturated rings. The number of aromatic nitrogens is 3. The summed E-state index contributed by atoms with van der Waals surface area (Å²) in [6.45, 7) is 4.52. The van der Waals surface area contributed by atoms with Crippen LogP contribution in [0.5, 0.6) is 0 Å². The van der Waals surface area contributed by atoms with Gasteiger partial charge in [-0.15, -0.1) is 5.10 Å². The van der Waals surface area contributed by atoms with Crippen LogP contribution in [-0.4, -0.2) is 32.1 Å². The van der Waals surface area contributed by atoms with Gasteiger partial charge in [0.15, 0.2) is 0 Å².